The van der Waals surface area contributed by atoms with Crippen LogP contribution in [0.3, 0.4) is 0 Å². The summed E-state index contributed by atoms with van der Waals surface area (Å²) in [5.74, 6) is -1.18. The van der Waals surface area contributed by atoms with Crippen molar-refractivity contribution < 1.29 is 27.9 Å². The molecule has 1 unspecified atom stereocenters. The number of halogens is 3. The van der Waals surface area contributed by atoms with Gasteiger partial charge in [0.05, 0.1) is 12.1 Å². The minimum atomic E-state index is -4.96. The highest BCUT2D eigenvalue weighted by atomic mass is 19.4. The Labute approximate surface area is 143 Å². The molecular weight excluding hydrogens is 339 g/mol. The van der Waals surface area contributed by atoms with Crippen molar-refractivity contribution in [2.24, 2.45) is 5.73 Å². The molecule has 6 nitrogen and oxygen atoms in total. The molecule has 3 amide bonds. The molecule has 1 atom stereocenters. The summed E-state index contributed by atoms with van der Waals surface area (Å²) in [5, 5.41) is 10.2. The Bertz CT molecular complexity index is 747. The first-order valence-electron chi connectivity index (χ1n) is 7.51. The molecule has 0 spiro atoms. The second-order valence-electron chi connectivity index (χ2n) is 6.37. The Kier molecular flexibility index (Phi) is 4.28. The zero-order valence-corrected chi connectivity index (χ0v) is 14.6. The van der Waals surface area contributed by atoms with E-state index in [1.165, 1.54) is 6.92 Å². The Morgan fingerprint density at radius 1 is 1.04 bits per heavy atom. The highest BCUT2D eigenvalue weighted by Gasteiger charge is 2.61. The SMILES string of the molecule is Cc1c(C)c(O)c(C)c(N2C(=O)CC(N)(C(F)(F)F)N(C)C2=O)c1C. The van der Waals surface area contributed by atoms with Crippen molar-refractivity contribution in [3.63, 3.8) is 0 Å². The normalized spacial score (nSPS) is 22.0. The van der Waals surface area contributed by atoms with E-state index in [9.17, 15) is 27.9 Å². The summed E-state index contributed by atoms with van der Waals surface area (Å²) in [5.41, 5.74) is 4.35. The van der Waals surface area contributed by atoms with E-state index in [2.05, 4.69) is 0 Å². The van der Waals surface area contributed by atoms with E-state index >= 15 is 0 Å². The third kappa shape index (κ3) is 2.53. The molecule has 138 valence electrons. The van der Waals surface area contributed by atoms with Gasteiger partial charge >= 0.3 is 12.2 Å². The Balaban J connectivity index is 2.65. The van der Waals surface area contributed by atoms with Crippen LogP contribution in [0.4, 0.5) is 23.7 Å². The van der Waals surface area contributed by atoms with Crippen LogP contribution in [0.1, 0.15) is 28.7 Å². The van der Waals surface area contributed by atoms with Gasteiger partial charge in [-0.05, 0) is 44.4 Å². The summed E-state index contributed by atoms with van der Waals surface area (Å²) in [4.78, 5) is 26.0. The largest absolute Gasteiger partial charge is 0.507 e. The van der Waals surface area contributed by atoms with E-state index < -0.39 is 30.2 Å². The van der Waals surface area contributed by atoms with Gasteiger partial charge in [-0.1, -0.05) is 0 Å². The quantitative estimate of drug-likeness (QED) is 0.807. The number of alkyl halides is 3. The molecule has 1 aromatic carbocycles. The molecule has 1 aliphatic heterocycles. The second kappa shape index (κ2) is 5.62. The van der Waals surface area contributed by atoms with Crippen LogP contribution in [0.15, 0.2) is 0 Å². The molecule has 0 aromatic heterocycles. The maximum absolute atomic E-state index is 13.3. The number of carbonyl (C=O) groups is 2. The molecule has 0 aliphatic carbocycles. The number of phenols is 1. The van der Waals surface area contributed by atoms with Crippen LogP contribution in [0.2, 0.25) is 0 Å². The smallest absolute Gasteiger partial charge is 0.425 e. The molecule has 1 fully saturated rings. The number of benzene rings is 1. The number of hydrogen-bond donors (Lipinski definition) is 2. The standard InChI is InChI=1S/C16H20F3N3O3/c1-7-8(2)12(10(4)13(24)9(7)3)22-11(23)6-15(20,16(17,18)19)21(5)14(22)25/h24H,6,20H2,1-5H3. The Morgan fingerprint density at radius 2 is 1.56 bits per heavy atom. The van der Waals surface area contributed by atoms with Crippen LogP contribution in [-0.2, 0) is 4.79 Å². The van der Waals surface area contributed by atoms with E-state index in [1.54, 1.807) is 20.8 Å². The molecule has 0 bridgehead atoms. The van der Waals surface area contributed by atoms with E-state index in [0.717, 1.165) is 7.05 Å². The molecule has 1 aromatic rings. The van der Waals surface area contributed by atoms with Crippen molar-refractivity contribution in [1.82, 2.24) is 4.90 Å². The fourth-order valence-electron chi connectivity index (χ4n) is 3.01. The first-order valence-corrected chi connectivity index (χ1v) is 7.51. The number of hydrogen-bond acceptors (Lipinski definition) is 4. The van der Waals surface area contributed by atoms with Gasteiger partial charge in [0.15, 0.2) is 5.66 Å². The number of nitrogens with two attached hydrogens (primary N) is 1. The highest BCUT2D eigenvalue weighted by Crippen LogP contribution is 2.42. The van der Waals surface area contributed by atoms with Gasteiger partial charge in [-0.3, -0.25) is 4.79 Å². The number of anilines is 1. The third-order valence-corrected chi connectivity index (χ3v) is 5.01. The van der Waals surface area contributed by atoms with Crippen molar-refractivity contribution in [3.05, 3.63) is 22.3 Å². The van der Waals surface area contributed by atoms with Gasteiger partial charge in [-0.15, -0.1) is 0 Å². The predicted octanol–water partition coefficient (Wildman–Crippen LogP) is 2.63. The van der Waals surface area contributed by atoms with Gasteiger partial charge in [0.2, 0.25) is 5.91 Å². The van der Waals surface area contributed by atoms with E-state index in [1.807, 2.05) is 0 Å². The number of rotatable bonds is 1. The summed E-state index contributed by atoms with van der Waals surface area (Å²) < 4.78 is 39.8. The summed E-state index contributed by atoms with van der Waals surface area (Å²) in [6, 6.07) is -1.19. The van der Waals surface area contributed by atoms with Crippen LogP contribution >= 0.6 is 0 Å². The molecule has 0 radical (unpaired) electrons. The van der Waals surface area contributed by atoms with Gasteiger partial charge in [-0.25, -0.2) is 9.69 Å². The lowest BCUT2D eigenvalue weighted by Crippen LogP contribution is -2.73. The summed E-state index contributed by atoms with van der Waals surface area (Å²) >= 11 is 0. The first-order chi connectivity index (χ1) is 11.3. The van der Waals surface area contributed by atoms with Crippen molar-refractivity contribution in [3.8, 4) is 5.75 Å². The van der Waals surface area contributed by atoms with Crippen molar-refractivity contribution in [1.29, 1.82) is 0 Å². The molecule has 1 aliphatic rings. The van der Waals surface area contributed by atoms with Crippen molar-refractivity contribution >= 4 is 17.6 Å². The molecule has 3 N–H and O–H groups in total. The van der Waals surface area contributed by atoms with Gasteiger partial charge in [0.25, 0.3) is 0 Å². The number of urea groups is 1. The summed E-state index contributed by atoms with van der Waals surface area (Å²) in [6.45, 7) is 6.51. The zero-order chi connectivity index (χ0) is 19.5. The first kappa shape index (κ1) is 19.0. The van der Waals surface area contributed by atoms with Crippen molar-refractivity contribution in [2.45, 2.75) is 46.0 Å². The molecule has 1 heterocycles. The van der Waals surface area contributed by atoms with Crippen LogP contribution in [0.25, 0.3) is 0 Å². The van der Waals surface area contributed by atoms with Crippen LogP contribution in [-0.4, -0.2) is 40.8 Å². The van der Waals surface area contributed by atoms with Crippen LogP contribution < -0.4 is 10.6 Å². The highest BCUT2D eigenvalue weighted by molar-refractivity contribution is 6.17. The molecule has 1 saturated heterocycles. The Morgan fingerprint density at radius 3 is 2.04 bits per heavy atom. The lowest BCUT2D eigenvalue weighted by atomic mass is 9.94. The third-order valence-electron chi connectivity index (χ3n) is 5.01. The number of imide groups is 1. The van der Waals surface area contributed by atoms with E-state index in [4.69, 9.17) is 5.73 Å². The molecule has 9 heteroatoms. The van der Waals surface area contributed by atoms with Crippen LogP contribution in [0.5, 0.6) is 5.75 Å². The minimum absolute atomic E-state index is 0.0895. The maximum atomic E-state index is 13.3. The van der Waals surface area contributed by atoms with Crippen LogP contribution in [0, 0.1) is 27.7 Å². The van der Waals surface area contributed by atoms with Gasteiger partial charge in [-0.2, -0.15) is 13.2 Å². The topological polar surface area (TPSA) is 86.9 Å². The number of phenolic OH excluding ortho intramolecular Hbond substituents is 1. The second-order valence-corrected chi connectivity index (χ2v) is 6.37. The number of amides is 3. The lowest BCUT2D eigenvalue weighted by Gasteiger charge is -2.46. The van der Waals surface area contributed by atoms with E-state index in [0.29, 0.717) is 26.5 Å². The fraction of sp³-hybridized carbons (Fsp3) is 0.500. The molecular formula is C16H20F3N3O3. The summed E-state index contributed by atoms with van der Waals surface area (Å²) in [6.07, 6.45) is -6.07. The van der Waals surface area contributed by atoms with Crippen molar-refractivity contribution in [2.75, 3.05) is 11.9 Å². The minimum Gasteiger partial charge on any atom is -0.507 e. The summed E-state index contributed by atoms with van der Waals surface area (Å²) in [7, 11) is 0.904. The van der Waals surface area contributed by atoms with Gasteiger partial charge in [0.1, 0.15) is 5.75 Å². The number of aromatic hydroxyl groups is 1. The fourth-order valence-corrected chi connectivity index (χ4v) is 3.01. The number of carbonyl (C=O) groups excluding carboxylic acids is 2. The maximum Gasteiger partial charge on any atom is 0.425 e. The van der Waals surface area contributed by atoms with E-state index in [-0.39, 0.29) is 17.0 Å². The van der Waals surface area contributed by atoms with Gasteiger partial charge < -0.3 is 15.7 Å². The molecule has 25 heavy (non-hydrogen) atoms. The monoisotopic (exact) mass is 359 g/mol. The predicted molar refractivity (Wildman–Crippen MR) is 85.3 cm³/mol. The van der Waals surface area contributed by atoms with Gasteiger partial charge in [0, 0.05) is 12.6 Å². The number of nitrogens with zero attached hydrogens (tertiary/aromatic N) is 2. The zero-order valence-electron chi connectivity index (χ0n) is 14.6. The molecule has 0 saturated carbocycles. The molecule has 2 rings (SSSR count). The average molecular weight is 359 g/mol. The lowest BCUT2D eigenvalue weighted by molar-refractivity contribution is -0.222. The Hall–Kier alpha value is -2.29. The average Bonchev–Trinajstić information content (AvgIpc) is 2.51.